The summed E-state index contributed by atoms with van der Waals surface area (Å²) >= 11 is 0. The number of carbonyl (C=O) groups is 2. The molecular formula is C19H26N2O3. The Morgan fingerprint density at radius 1 is 1.17 bits per heavy atom. The summed E-state index contributed by atoms with van der Waals surface area (Å²) < 4.78 is 5.09. The van der Waals surface area contributed by atoms with E-state index in [1.54, 1.807) is 19.1 Å². The molecule has 1 heterocycles. The lowest BCUT2D eigenvalue weighted by molar-refractivity contribution is -0.142. The van der Waals surface area contributed by atoms with E-state index in [1.807, 2.05) is 11.9 Å². The molecule has 4 saturated carbocycles. The molecule has 4 bridgehead atoms. The van der Waals surface area contributed by atoms with Gasteiger partial charge in [0, 0.05) is 13.1 Å². The number of nitrogens with one attached hydrogen (secondary N) is 1. The van der Waals surface area contributed by atoms with Gasteiger partial charge in [0.15, 0.2) is 5.76 Å². The second-order valence-electron chi connectivity index (χ2n) is 8.04. The summed E-state index contributed by atoms with van der Waals surface area (Å²) in [6.07, 6.45) is 7.99. The van der Waals surface area contributed by atoms with Crippen LogP contribution < -0.4 is 5.32 Å². The summed E-state index contributed by atoms with van der Waals surface area (Å²) in [4.78, 5) is 26.9. The van der Waals surface area contributed by atoms with E-state index in [2.05, 4.69) is 5.32 Å². The van der Waals surface area contributed by atoms with Gasteiger partial charge in [-0.25, -0.2) is 0 Å². The SMILES string of the molecule is C[C@@H](NC(=O)c1ccco1)C(=O)N(C)C1C2CC3CC(C2)CC1C3. The average molecular weight is 330 g/mol. The fourth-order valence-electron chi connectivity index (χ4n) is 5.72. The lowest BCUT2D eigenvalue weighted by atomic mass is 9.54. The Hall–Kier alpha value is -1.78. The molecule has 1 N–H and O–H groups in total. The lowest BCUT2D eigenvalue weighted by Gasteiger charge is -2.56. The van der Waals surface area contributed by atoms with E-state index in [0.29, 0.717) is 17.9 Å². The Morgan fingerprint density at radius 3 is 2.33 bits per heavy atom. The zero-order valence-electron chi connectivity index (χ0n) is 14.4. The molecule has 4 aliphatic carbocycles. The lowest BCUT2D eigenvalue weighted by Crippen LogP contribution is -2.59. The van der Waals surface area contributed by atoms with Crippen LogP contribution in [0.15, 0.2) is 22.8 Å². The minimum Gasteiger partial charge on any atom is -0.459 e. The van der Waals surface area contributed by atoms with Gasteiger partial charge >= 0.3 is 0 Å². The van der Waals surface area contributed by atoms with Crippen LogP contribution in [0.25, 0.3) is 0 Å². The Kier molecular flexibility index (Phi) is 3.89. The van der Waals surface area contributed by atoms with Gasteiger partial charge in [0.25, 0.3) is 5.91 Å². The highest BCUT2D eigenvalue weighted by molar-refractivity contribution is 5.95. The quantitative estimate of drug-likeness (QED) is 0.923. The number of carbonyl (C=O) groups excluding carboxylic acids is 2. The monoisotopic (exact) mass is 330 g/mol. The average Bonchev–Trinajstić information content (AvgIpc) is 3.07. The molecule has 2 amide bonds. The molecule has 0 aliphatic heterocycles. The highest BCUT2D eigenvalue weighted by atomic mass is 16.3. The van der Waals surface area contributed by atoms with Crippen LogP contribution in [0.1, 0.15) is 49.6 Å². The second kappa shape index (κ2) is 5.94. The zero-order valence-corrected chi connectivity index (χ0v) is 14.4. The molecule has 24 heavy (non-hydrogen) atoms. The number of rotatable bonds is 4. The van der Waals surface area contributed by atoms with Crippen molar-refractivity contribution in [1.82, 2.24) is 10.2 Å². The van der Waals surface area contributed by atoms with Crippen molar-refractivity contribution < 1.29 is 14.0 Å². The number of furan rings is 1. The highest BCUT2D eigenvalue weighted by Crippen LogP contribution is 2.54. The number of hydrogen-bond donors (Lipinski definition) is 1. The maximum absolute atomic E-state index is 12.9. The van der Waals surface area contributed by atoms with Crippen LogP contribution in [0, 0.1) is 23.7 Å². The number of amides is 2. The van der Waals surface area contributed by atoms with Gasteiger partial charge in [-0.05, 0) is 74.8 Å². The normalized spacial score (nSPS) is 34.8. The first-order valence-electron chi connectivity index (χ1n) is 9.14. The van der Waals surface area contributed by atoms with Gasteiger partial charge in [-0.15, -0.1) is 0 Å². The molecule has 0 saturated heterocycles. The summed E-state index contributed by atoms with van der Waals surface area (Å²) in [5.74, 6) is 3.01. The first-order chi connectivity index (χ1) is 11.5. The maximum atomic E-state index is 12.9. The van der Waals surface area contributed by atoms with E-state index in [9.17, 15) is 9.59 Å². The molecule has 5 rings (SSSR count). The van der Waals surface area contributed by atoms with Gasteiger partial charge in [0.05, 0.1) is 6.26 Å². The third-order valence-electron chi connectivity index (χ3n) is 6.43. The van der Waals surface area contributed by atoms with E-state index in [0.717, 1.165) is 11.8 Å². The van der Waals surface area contributed by atoms with Crippen molar-refractivity contribution in [2.75, 3.05) is 7.05 Å². The van der Waals surface area contributed by atoms with E-state index in [4.69, 9.17) is 4.42 Å². The van der Waals surface area contributed by atoms with Gasteiger partial charge in [-0.2, -0.15) is 0 Å². The van der Waals surface area contributed by atoms with E-state index in [-0.39, 0.29) is 17.6 Å². The van der Waals surface area contributed by atoms with Crippen LogP contribution in [0.5, 0.6) is 0 Å². The van der Waals surface area contributed by atoms with Crippen molar-refractivity contribution in [2.45, 2.75) is 51.1 Å². The van der Waals surface area contributed by atoms with Gasteiger partial charge in [-0.3, -0.25) is 9.59 Å². The molecule has 4 aliphatic rings. The summed E-state index contributed by atoms with van der Waals surface area (Å²) in [5, 5.41) is 2.76. The molecule has 5 nitrogen and oxygen atoms in total. The van der Waals surface area contributed by atoms with E-state index in [1.165, 1.54) is 38.4 Å². The molecule has 5 heteroatoms. The Labute approximate surface area is 142 Å². The maximum Gasteiger partial charge on any atom is 0.287 e. The van der Waals surface area contributed by atoms with E-state index < -0.39 is 6.04 Å². The van der Waals surface area contributed by atoms with E-state index >= 15 is 0 Å². The Morgan fingerprint density at radius 2 is 1.79 bits per heavy atom. The molecule has 0 aromatic carbocycles. The molecule has 0 spiro atoms. The van der Waals surface area contributed by atoms with Gasteiger partial charge in [0.1, 0.15) is 6.04 Å². The van der Waals surface area contributed by atoms with Crippen molar-refractivity contribution in [3.05, 3.63) is 24.2 Å². The topological polar surface area (TPSA) is 62.6 Å². The minimum atomic E-state index is -0.537. The second-order valence-corrected chi connectivity index (χ2v) is 8.04. The fourth-order valence-corrected chi connectivity index (χ4v) is 5.72. The summed E-state index contributed by atoms with van der Waals surface area (Å²) in [5.41, 5.74) is 0. The first kappa shape index (κ1) is 15.7. The molecule has 0 unspecified atom stereocenters. The molecule has 4 fully saturated rings. The van der Waals surface area contributed by atoms with Gasteiger partial charge in [-0.1, -0.05) is 0 Å². The van der Waals surface area contributed by atoms with Gasteiger partial charge < -0.3 is 14.6 Å². The van der Waals surface area contributed by atoms with Crippen LogP contribution in [0.2, 0.25) is 0 Å². The van der Waals surface area contributed by atoms with Crippen molar-refractivity contribution >= 4 is 11.8 Å². The predicted octanol–water partition coefficient (Wildman–Crippen LogP) is 2.68. The largest absolute Gasteiger partial charge is 0.459 e. The third kappa shape index (κ3) is 2.64. The molecule has 1 aromatic rings. The minimum absolute atomic E-state index is 0.00683. The number of hydrogen-bond acceptors (Lipinski definition) is 3. The fraction of sp³-hybridized carbons (Fsp3) is 0.684. The predicted molar refractivity (Wildman–Crippen MR) is 89.2 cm³/mol. The smallest absolute Gasteiger partial charge is 0.287 e. The van der Waals surface area contributed by atoms with Crippen LogP contribution in [0.3, 0.4) is 0 Å². The van der Waals surface area contributed by atoms with Crippen molar-refractivity contribution in [1.29, 1.82) is 0 Å². The molecule has 130 valence electrons. The van der Waals surface area contributed by atoms with Crippen LogP contribution >= 0.6 is 0 Å². The van der Waals surface area contributed by atoms with Gasteiger partial charge in [0.2, 0.25) is 5.91 Å². The zero-order chi connectivity index (χ0) is 16.8. The third-order valence-corrected chi connectivity index (χ3v) is 6.43. The molecular weight excluding hydrogens is 304 g/mol. The first-order valence-corrected chi connectivity index (χ1v) is 9.14. The summed E-state index contributed by atoms with van der Waals surface area (Å²) in [7, 11) is 1.92. The summed E-state index contributed by atoms with van der Waals surface area (Å²) in [6.45, 7) is 1.76. The van der Waals surface area contributed by atoms with Crippen molar-refractivity contribution in [2.24, 2.45) is 23.7 Å². The van der Waals surface area contributed by atoms with Crippen molar-refractivity contribution in [3.8, 4) is 0 Å². The van der Waals surface area contributed by atoms with Crippen LogP contribution in [-0.4, -0.2) is 35.8 Å². The number of likely N-dealkylation sites (N-methyl/N-ethyl adjacent to an activating group) is 1. The molecule has 0 radical (unpaired) electrons. The number of nitrogens with zero attached hydrogens (tertiary/aromatic N) is 1. The Balaban J connectivity index is 1.41. The Bertz CT molecular complexity index is 597. The standard InChI is InChI=1S/C19H26N2O3/c1-11(20-18(22)16-4-3-5-24-16)19(23)21(2)17-14-7-12-6-13(9-14)10-15(17)8-12/h3-5,11-15,17H,6-10H2,1-2H3,(H,20,22)/t11-,12?,13?,14?,15?,17?/m1/s1. The molecule has 1 atom stereocenters. The van der Waals surface area contributed by atoms with Crippen LogP contribution in [0.4, 0.5) is 0 Å². The highest BCUT2D eigenvalue weighted by Gasteiger charge is 2.50. The van der Waals surface area contributed by atoms with Crippen LogP contribution in [-0.2, 0) is 4.79 Å². The summed E-state index contributed by atoms with van der Waals surface area (Å²) in [6, 6.07) is 3.09. The van der Waals surface area contributed by atoms with Crippen molar-refractivity contribution in [3.63, 3.8) is 0 Å². The molecule has 1 aromatic heterocycles.